The average molecular weight is 437 g/mol. The lowest BCUT2D eigenvalue weighted by Gasteiger charge is -2.39. The molecule has 2 amide bonds. The third-order valence-corrected chi connectivity index (χ3v) is 6.45. The predicted octanol–water partition coefficient (Wildman–Crippen LogP) is 3.91. The fourth-order valence-corrected chi connectivity index (χ4v) is 4.68. The minimum Gasteiger partial charge on any atom is -0.436 e. The molecule has 2 aliphatic rings. The van der Waals surface area contributed by atoms with Crippen molar-refractivity contribution in [1.82, 2.24) is 15.2 Å². The van der Waals surface area contributed by atoms with Crippen molar-refractivity contribution < 1.29 is 14.3 Å². The van der Waals surface area contributed by atoms with Crippen LogP contribution in [0.15, 0.2) is 36.5 Å². The molecule has 0 spiro atoms. The molecular formula is C25H32N4O3. The maximum Gasteiger partial charge on any atom is 0.264 e. The SMILES string of the molecule is Cc1ccc2c(c1)N(CC(=O)NCCCN1[C@H](C)CCC[C@H]1C)C(=O)c1cccnc1O2. The average Bonchev–Trinajstić information content (AvgIpc) is 2.88. The molecule has 2 aromatic rings. The Morgan fingerprint density at radius 2 is 2.00 bits per heavy atom. The Kier molecular flexibility index (Phi) is 6.74. The lowest BCUT2D eigenvalue weighted by atomic mass is 9.97. The second kappa shape index (κ2) is 9.69. The van der Waals surface area contributed by atoms with Gasteiger partial charge in [0.05, 0.1) is 5.69 Å². The van der Waals surface area contributed by atoms with E-state index in [2.05, 4.69) is 29.0 Å². The molecule has 4 rings (SSSR count). The fourth-order valence-electron chi connectivity index (χ4n) is 4.68. The number of carbonyl (C=O) groups is 2. The van der Waals surface area contributed by atoms with Crippen LogP contribution < -0.4 is 15.0 Å². The number of aromatic nitrogens is 1. The first kappa shape index (κ1) is 22.3. The number of nitrogens with zero attached hydrogens (tertiary/aromatic N) is 3. The van der Waals surface area contributed by atoms with Crippen molar-refractivity contribution in [3.63, 3.8) is 0 Å². The standard InChI is InChI=1S/C25H32N4O3/c1-17-10-11-22-21(15-17)29(25(31)20-9-5-12-27-24(20)32-22)16-23(30)26-13-6-14-28-18(2)7-4-8-19(28)3/h5,9-12,15,18-19H,4,6-8,13-14,16H2,1-3H3,(H,26,30)/t18-,19-/m1/s1. The first-order chi connectivity index (χ1) is 15.4. The van der Waals surface area contributed by atoms with Gasteiger partial charge in [-0.3, -0.25) is 19.4 Å². The zero-order valence-electron chi connectivity index (χ0n) is 19.1. The maximum atomic E-state index is 13.3. The number of piperidine rings is 1. The molecule has 32 heavy (non-hydrogen) atoms. The van der Waals surface area contributed by atoms with Gasteiger partial charge in [0.1, 0.15) is 12.1 Å². The van der Waals surface area contributed by atoms with Crippen LogP contribution in [0.5, 0.6) is 11.6 Å². The van der Waals surface area contributed by atoms with Gasteiger partial charge in [0.2, 0.25) is 11.8 Å². The van der Waals surface area contributed by atoms with Crippen LogP contribution in [-0.2, 0) is 4.79 Å². The molecule has 3 heterocycles. The fraction of sp³-hybridized carbons (Fsp3) is 0.480. The minimum absolute atomic E-state index is 0.0660. The van der Waals surface area contributed by atoms with E-state index in [4.69, 9.17) is 4.74 Å². The van der Waals surface area contributed by atoms with E-state index in [-0.39, 0.29) is 24.2 Å². The molecule has 0 saturated carbocycles. The summed E-state index contributed by atoms with van der Waals surface area (Å²) >= 11 is 0. The van der Waals surface area contributed by atoms with Crippen LogP contribution in [0.25, 0.3) is 0 Å². The Labute approximate surface area is 189 Å². The molecule has 1 fully saturated rings. The Morgan fingerprint density at radius 1 is 1.22 bits per heavy atom. The summed E-state index contributed by atoms with van der Waals surface area (Å²) in [6.07, 6.45) is 6.26. The van der Waals surface area contributed by atoms with Crippen LogP contribution in [0.4, 0.5) is 5.69 Å². The van der Waals surface area contributed by atoms with E-state index in [1.807, 2.05) is 25.1 Å². The topological polar surface area (TPSA) is 74.8 Å². The number of hydrogen-bond acceptors (Lipinski definition) is 5. The molecule has 1 saturated heterocycles. The Balaban J connectivity index is 1.41. The largest absolute Gasteiger partial charge is 0.436 e. The summed E-state index contributed by atoms with van der Waals surface area (Å²) in [7, 11) is 0. The third kappa shape index (κ3) is 4.78. The van der Waals surface area contributed by atoms with Gasteiger partial charge in [0, 0.05) is 31.4 Å². The second-order valence-corrected chi connectivity index (χ2v) is 8.89. The molecule has 0 radical (unpaired) electrons. The van der Waals surface area contributed by atoms with Crippen LogP contribution in [0, 0.1) is 6.92 Å². The molecule has 0 bridgehead atoms. The van der Waals surface area contributed by atoms with E-state index in [9.17, 15) is 9.59 Å². The second-order valence-electron chi connectivity index (χ2n) is 8.89. The quantitative estimate of drug-likeness (QED) is 0.695. The van der Waals surface area contributed by atoms with Crippen molar-refractivity contribution >= 4 is 17.5 Å². The summed E-state index contributed by atoms with van der Waals surface area (Å²) in [5.41, 5.74) is 1.91. The zero-order valence-corrected chi connectivity index (χ0v) is 19.1. The van der Waals surface area contributed by atoms with Gasteiger partial charge in [-0.1, -0.05) is 12.5 Å². The molecule has 7 heteroatoms. The number of anilines is 1. The van der Waals surface area contributed by atoms with Crippen molar-refractivity contribution in [2.24, 2.45) is 0 Å². The predicted molar refractivity (Wildman–Crippen MR) is 124 cm³/mol. The van der Waals surface area contributed by atoms with E-state index in [0.29, 0.717) is 35.6 Å². The molecule has 170 valence electrons. The van der Waals surface area contributed by atoms with E-state index in [0.717, 1.165) is 18.5 Å². The number of carbonyl (C=O) groups excluding carboxylic acids is 2. The van der Waals surface area contributed by atoms with E-state index >= 15 is 0 Å². The van der Waals surface area contributed by atoms with Crippen LogP contribution >= 0.6 is 0 Å². The molecule has 0 unspecified atom stereocenters. The van der Waals surface area contributed by atoms with Crippen molar-refractivity contribution in [3.8, 4) is 11.6 Å². The zero-order chi connectivity index (χ0) is 22.7. The molecule has 0 aliphatic carbocycles. The number of aryl methyl sites for hydroxylation is 1. The monoisotopic (exact) mass is 436 g/mol. The molecule has 1 aromatic heterocycles. The summed E-state index contributed by atoms with van der Waals surface area (Å²) in [6.45, 7) is 8.01. The Morgan fingerprint density at radius 3 is 2.78 bits per heavy atom. The summed E-state index contributed by atoms with van der Waals surface area (Å²) < 4.78 is 5.91. The highest BCUT2D eigenvalue weighted by atomic mass is 16.5. The van der Waals surface area contributed by atoms with Gasteiger partial charge in [0.15, 0.2) is 5.75 Å². The molecule has 1 N–H and O–H groups in total. The number of amides is 2. The van der Waals surface area contributed by atoms with Crippen molar-refractivity contribution in [2.75, 3.05) is 24.5 Å². The smallest absolute Gasteiger partial charge is 0.264 e. The number of hydrogen-bond donors (Lipinski definition) is 1. The van der Waals surface area contributed by atoms with Crippen molar-refractivity contribution in [1.29, 1.82) is 0 Å². The first-order valence-corrected chi connectivity index (χ1v) is 11.5. The van der Waals surface area contributed by atoms with Crippen LogP contribution in [0.1, 0.15) is 55.5 Å². The maximum absolute atomic E-state index is 13.3. The Bertz CT molecular complexity index is 983. The number of pyridine rings is 1. The van der Waals surface area contributed by atoms with Gasteiger partial charge in [-0.05, 0) is 69.9 Å². The molecule has 7 nitrogen and oxygen atoms in total. The highest BCUT2D eigenvalue weighted by Crippen LogP contribution is 2.38. The van der Waals surface area contributed by atoms with Gasteiger partial charge in [0.25, 0.3) is 5.91 Å². The number of rotatable bonds is 6. The van der Waals surface area contributed by atoms with Crippen LogP contribution in [-0.4, -0.2) is 53.4 Å². The third-order valence-electron chi connectivity index (χ3n) is 6.45. The molecular weight excluding hydrogens is 404 g/mol. The van der Waals surface area contributed by atoms with E-state index in [1.165, 1.54) is 24.2 Å². The highest BCUT2D eigenvalue weighted by Gasteiger charge is 2.30. The Hall–Kier alpha value is -2.93. The number of fused-ring (bicyclic) bond motifs is 2. The number of nitrogens with one attached hydrogen (secondary N) is 1. The molecule has 2 atom stereocenters. The van der Waals surface area contributed by atoms with Gasteiger partial charge < -0.3 is 10.1 Å². The van der Waals surface area contributed by atoms with Crippen molar-refractivity contribution in [2.45, 2.75) is 58.5 Å². The van der Waals surface area contributed by atoms with E-state index in [1.54, 1.807) is 18.3 Å². The van der Waals surface area contributed by atoms with Gasteiger partial charge in [-0.25, -0.2) is 4.98 Å². The molecule has 1 aromatic carbocycles. The van der Waals surface area contributed by atoms with Crippen molar-refractivity contribution in [3.05, 3.63) is 47.7 Å². The first-order valence-electron chi connectivity index (χ1n) is 11.5. The summed E-state index contributed by atoms with van der Waals surface area (Å²) in [6, 6.07) is 10.2. The van der Waals surface area contributed by atoms with E-state index < -0.39 is 0 Å². The lowest BCUT2D eigenvalue weighted by molar-refractivity contribution is -0.119. The summed E-state index contributed by atoms with van der Waals surface area (Å²) in [5, 5.41) is 2.99. The minimum atomic E-state index is -0.288. The van der Waals surface area contributed by atoms with Gasteiger partial charge in [-0.2, -0.15) is 0 Å². The number of ether oxygens (including phenoxy) is 1. The highest BCUT2D eigenvalue weighted by molar-refractivity contribution is 6.11. The van der Waals surface area contributed by atoms with Crippen LogP contribution in [0.2, 0.25) is 0 Å². The van der Waals surface area contributed by atoms with Gasteiger partial charge in [-0.15, -0.1) is 0 Å². The normalized spacial score (nSPS) is 20.7. The molecule has 2 aliphatic heterocycles. The number of likely N-dealkylation sites (tertiary alicyclic amines) is 1. The lowest BCUT2D eigenvalue weighted by Crippen LogP contribution is -2.45. The summed E-state index contributed by atoms with van der Waals surface area (Å²) in [4.78, 5) is 34.3. The summed E-state index contributed by atoms with van der Waals surface area (Å²) in [5.74, 6) is 0.305. The van der Waals surface area contributed by atoms with Gasteiger partial charge >= 0.3 is 0 Å². The van der Waals surface area contributed by atoms with Crippen LogP contribution in [0.3, 0.4) is 0 Å². The number of benzene rings is 1.